The third-order valence-electron chi connectivity index (χ3n) is 4.23. The van der Waals surface area contributed by atoms with Gasteiger partial charge in [0.2, 0.25) is 0 Å². The van der Waals surface area contributed by atoms with Crippen LogP contribution in [-0.2, 0) is 0 Å². The van der Waals surface area contributed by atoms with E-state index < -0.39 is 0 Å². The monoisotopic (exact) mass is 299 g/mol. The smallest absolute Gasteiger partial charge is 0.104 e. The van der Waals surface area contributed by atoms with Crippen LogP contribution in [0.2, 0.25) is 0 Å². The molecule has 110 valence electrons. The van der Waals surface area contributed by atoms with Crippen LogP contribution in [0.15, 0.2) is 36.4 Å². The van der Waals surface area contributed by atoms with E-state index in [0.717, 1.165) is 30.6 Å². The van der Waals surface area contributed by atoms with Crippen molar-refractivity contribution in [1.82, 2.24) is 4.90 Å². The Hall–Kier alpha value is -1.65. The number of anilines is 1. The highest BCUT2D eigenvalue weighted by Gasteiger charge is 2.16. The highest BCUT2D eigenvalue weighted by Crippen LogP contribution is 2.30. The molecule has 1 saturated heterocycles. The topological polar surface area (TPSA) is 32.5 Å². The lowest BCUT2D eigenvalue weighted by Gasteiger charge is -2.25. The standard InChI is InChI=1S/C17H21N3S/c1-19-9-4-10-20(12-11-19)16-8-7-15(17(18)21)13-5-2-3-6-14(13)16/h2-3,5-8H,4,9-12H2,1H3,(H2,18,21). The van der Waals surface area contributed by atoms with Crippen LogP contribution in [0.25, 0.3) is 10.8 Å². The van der Waals surface area contributed by atoms with Gasteiger partial charge in [0.05, 0.1) is 0 Å². The zero-order valence-electron chi connectivity index (χ0n) is 12.4. The van der Waals surface area contributed by atoms with E-state index in [4.69, 9.17) is 18.0 Å². The highest BCUT2D eigenvalue weighted by molar-refractivity contribution is 7.80. The summed E-state index contributed by atoms with van der Waals surface area (Å²) >= 11 is 5.18. The van der Waals surface area contributed by atoms with E-state index in [2.05, 4.69) is 47.2 Å². The Kier molecular flexibility index (Phi) is 4.08. The van der Waals surface area contributed by atoms with Crippen molar-refractivity contribution in [3.63, 3.8) is 0 Å². The molecule has 0 radical (unpaired) electrons. The molecule has 2 aromatic rings. The summed E-state index contributed by atoms with van der Waals surface area (Å²) in [5.74, 6) is 0. The number of hydrogen-bond acceptors (Lipinski definition) is 3. The van der Waals surface area contributed by atoms with Gasteiger partial charge in [-0.3, -0.25) is 0 Å². The fraction of sp³-hybridized carbons (Fsp3) is 0.353. The van der Waals surface area contributed by atoms with E-state index in [0.29, 0.717) is 4.99 Å². The van der Waals surface area contributed by atoms with Crippen molar-refractivity contribution in [2.45, 2.75) is 6.42 Å². The van der Waals surface area contributed by atoms with E-state index >= 15 is 0 Å². The summed E-state index contributed by atoms with van der Waals surface area (Å²) in [7, 11) is 2.19. The Morgan fingerprint density at radius 1 is 1.00 bits per heavy atom. The van der Waals surface area contributed by atoms with Crippen LogP contribution in [0.5, 0.6) is 0 Å². The van der Waals surface area contributed by atoms with Gasteiger partial charge in [0.25, 0.3) is 0 Å². The lowest BCUT2D eigenvalue weighted by Crippen LogP contribution is -2.29. The maximum absolute atomic E-state index is 5.86. The van der Waals surface area contributed by atoms with Crippen LogP contribution < -0.4 is 10.6 Å². The van der Waals surface area contributed by atoms with Gasteiger partial charge in [-0.1, -0.05) is 36.5 Å². The molecule has 0 aromatic heterocycles. The Bertz CT molecular complexity index is 668. The molecular formula is C17H21N3S. The summed E-state index contributed by atoms with van der Waals surface area (Å²) in [5, 5.41) is 2.40. The van der Waals surface area contributed by atoms with Crippen LogP contribution in [0.4, 0.5) is 5.69 Å². The molecule has 3 rings (SSSR count). The first-order valence-corrected chi connectivity index (χ1v) is 7.82. The van der Waals surface area contributed by atoms with Crippen LogP contribution in [0.1, 0.15) is 12.0 Å². The molecule has 0 saturated carbocycles. The molecule has 21 heavy (non-hydrogen) atoms. The van der Waals surface area contributed by atoms with Gasteiger partial charge in [-0.15, -0.1) is 0 Å². The van der Waals surface area contributed by atoms with Crippen molar-refractivity contribution in [2.75, 3.05) is 38.1 Å². The first kappa shape index (κ1) is 14.3. The second-order valence-electron chi connectivity index (χ2n) is 5.69. The third kappa shape index (κ3) is 2.87. The van der Waals surface area contributed by atoms with E-state index in [1.807, 2.05) is 6.07 Å². The maximum atomic E-state index is 5.86. The van der Waals surface area contributed by atoms with Gasteiger partial charge in [-0.05, 0) is 37.5 Å². The first-order chi connectivity index (χ1) is 10.2. The summed E-state index contributed by atoms with van der Waals surface area (Å²) in [6, 6.07) is 12.6. The molecular weight excluding hydrogens is 278 g/mol. The maximum Gasteiger partial charge on any atom is 0.104 e. The SMILES string of the molecule is CN1CCCN(c2ccc(C(N)=S)c3ccccc23)CC1. The van der Waals surface area contributed by atoms with Crippen molar-refractivity contribution in [3.8, 4) is 0 Å². The molecule has 1 aliphatic rings. The van der Waals surface area contributed by atoms with Gasteiger partial charge in [0, 0.05) is 36.3 Å². The van der Waals surface area contributed by atoms with Crippen molar-refractivity contribution < 1.29 is 0 Å². The fourth-order valence-electron chi connectivity index (χ4n) is 3.06. The Morgan fingerprint density at radius 3 is 2.52 bits per heavy atom. The number of hydrogen-bond donors (Lipinski definition) is 1. The molecule has 0 amide bonds. The molecule has 2 N–H and O–H groups in total. The Balaban J connectivity index is 2.07. The summed E-state index contributed by atoms with van der Waals surface area (Å²) < 4.78 is 0. The van der Waals surface area contributed by atoms with Crippen molar-refractivity contribution >= 4 is 33.7 Å². The number of fused-ring (bicyclic) bond motifs is 1. The second kappa shape index (κ2) is 6.00. The van der Waals surface area contributed by atoms with Gasteiger partial charge in [0.1, 0.15) is 4.99 Å². The lowest BCUT2D eigenvalue weighted by atomic mass is 10.0. The minimum Gasteiger partial charge on any atom is -0.389 e. The molecule has 3 nitrogen and oxygen atoms in total. The number of nitrogens with two attached hydrogens (primary N) is 1. The molecule has 1 heterocycles. The highest BCUT2D eigenvalue weighted by atomic mass is 32.1. The summed E-state index contributed by atoms with van der Waals surface area (Å²) in [5.41, 5.74) is 8.12. The van der Waals surface area contributed by atoms with E-state index in [1.54, 1.807) is 0 Å². The van der Waals surface area contributed by atoms with Gasteiger partial charge >= 0.3 is 0 Å². The molecule has 2 aromatic carbocycles. The molecule has 1 fully saturated rings. The third-order valence-corrected chi connectivity index (χ3v) is 4.45. The number of benzene rings is 2. The number of nitrogens with zero attached hydrogens (tertiary/aromatic N) is 2. The number of likely N-dealkylation sites (N-methyl/N-ethyl adjacent to an activating group) is 1. The van der Waals surface area contributed by atoms with Crippen LogP contribution >= 0.6 is 12.2 Å². The molecule has 1 aliphatic heterocycles. The van der Waals surface area contributed by atoms with E-state index in [9.17, 15) is 0 Å². The molecule has 0 bridgehead atoms. The van der Waals surface area contributed by atoms with Crippen molar-refractivity contribution in [3.05, 3.63) is 42.0 Å². The lowest BCUT2D eigenvalue weighted by molar-refractivity contribution is 0.360. The molecule has 0 aliphatic carbocycles. The normalized spacial score (nSPS) is 16.9. The second-order valence-corrected chi connectivity index (χ2v) is 6.13. The van der Waals surface area contributed by atoms with Crippen LogP contribution in [-0.4, -0.2) is 43.1 Å². The molecule has 0 unspecified atom stereocenters. The number of thiocarbonyl (C=S) groups is 1. The van der Waals surface area contributed by atoms with Gasteiger partial charge in [0.15, 0.2) is 0 Å². The van der Waals surface area contributed by atoms with Gasteiger partial charge in [-0.25, -0.2) is 0 Å². The van der Waals surface area contributed by atoms with Gasteiger partial charge < -0.3 is 15.5 Å². The quantitative estimate of drug-likeness (QED) is 0.864. The zero-order chi connectivity index (χ0) is 14.8. The summed E-state index contributed by atoms with van der Waals surface area (Å²) in [6.45, 7) is 4.43. The van der Waals surface area contributed by atoms with Crippen molar-refractivity contribution in [1.29, 1.82) is 0 Å². The largest absolute Gasteiger partial charge is 0.389 e. The minimum atomic E-state index is 0.466. The first-order valence-electron chi connectivity index (χ1n) is 7.42. The average Bonchev–Trinajstić information content (AvgIpc) is 2.70. The predicted molar refractivity (Wildman–Crippen MR) is 94.2 cm³/mol. The average molecular weight is 299 g/mol. The van der Waals surface area contributed by atoms with Gasteiger partial charge in [-0.2, -0.15) is 0 Å². The fourth-order valence-corrected chi connectivity index (χ4v) is 3.24. The molecule has 0 atom stereocenters. The molecule has 4 heteroatoms. The van der Waals surface area contributed by atoms with Crippen LogP contribution in [0.3, 0.4) is 0 Å². The van der Waals surface area contributed by atoms with Crippen LogP contribution in [0, 0.1) is 0 Å². The zero-order valence-corrected chi connectivity index (χ0v) is 13.2. The summed E-state index contributed by atoms with van der Waals surface area (Å²) in [4.78, 5) is 5.34. The minimum absolute atomic E-state index is 0.466. The van der Waals surface area contributed by atoms with E-state index in [-0.39, 0.29) is 0 Å². The predicted octanol–water partition coefficient (Wildman–Crippen LogP) is 2.62. The number of rotatable bonds is 2. The Labute approximate surface area is 131 Å². The van der Waals surface area contributed by atoms with Crippen molar-refractivity contribution in [2.24, 2.45) is 5.73 Å². The Morgan fingerprint density at radius 2 is 1.76 bits per heavy atom. The molecule has 0 spiro atoms. The van der Waals surface area contributed by atoms with E-state index in [1.165, 1.54) is 24.0 Å². The summed E-state index contributed by atoms with van der Waals surface area (Å²) in [6.07, 6.45) is 1.20.